The van der Waals surface area contributed by atoms with E-state index in [-0.39, 0.29) is 12.5 Å². The van der Waals surface area contributed by atoms with Gasteiger partial charge in [0.15, 0.2) is 0 Å². The normalized spacial score (nSPS) is 10.8. The number of rotatable bonds is 6. The fourth-order valence-electron chi connectivity index (χ4n) is 3.25. The maximum atomic E-state index is 13.1. The van der Waals surface area contributed by atoms with Crippen LogP contribution in [0.15, 0.2) is 65.2 Å². The minimum absolute atomic E-state index is 0.250. The van der Waals surface area contributed by atoms with Gasteiger partial charge in [0.2, 0.25) is 0 Å². The van der Waals surface area contributed by atoms with Gasteiger partial charge in [0.1, 0.15) is 23.9 Å². The van der Waals surface area contributed by atoms with Crippen molar-refractivity contribution in [2.24, 2.45) is 0 Å². The standard InChI is InChI=1S/C24H22N2O4/c1-15-22(16(2)30-26-15)14-29-23-13-18-7-5-4-6-17(18)12-21(23)24(27)25-19-8-10-20(28-3)11-9-19/h4-13H,14H2,1-3H3,(H,25,27). The molecule has 152 valence electrons. The van der Waals surface area contributed by atoms with Crippen LogP contribution in [0, 0.1) is 13.8 Å². The first-order valence-electron chi connectivity index (χ1n) is 9.58. The van der Waals surface area contributed by atoms with Gasteiger partial charge in [-0.05, 0) is 61.0 Å². The first-order valence-corrected chi connectivity index (χ1v) is 9.58. The summed E-state index contributed by atoms with van der Waals surface area (Å²) >= 11 is 0. The van der Waals surface area contributed by atoms with E-state index in [1.807, 2.05) is 50.2 Å². The number of fused-ring (bicyclic) bond motifs is 1. The summed E-state index contributed by atoms with van der Waals surface area (Å²) in [6.07, 6.45) is 0. The minimum Gasteiger partial charge on any atom is -0.497 e. The first-order chi connectivity index (χ1) is 14.5. The van der Waals surface area contributed by atoms with E-state index in [1.54, 1.807) is 31.4 Å². The molecular weight excluding hydrogens is 380 g/mol. The zero-order valence-electron chi connectivity index (χ0n) is 17.1. The van der Waals surface area contributed by atoms with Crippen molar-refractivity contribution in [3.05, 3.63) is 83.2 Å². The average molecular weight is 402 g/mol. The molecule has 0 aliphatic carbocycles. The molecule has 1 N–H and O–H groups in total. The number of methoxy groups -OCH3 is 1. The Balaban J connectivity index is 1.65. The predicted molar refractivity (Wildman–Crippen MR) is 115 cm³/mol. The van der Waals surface area contributed by atoms with Gasteiger partial charge in [-0.2, -0.15) is 0 Å². The average Bonchev–Trinajstić information content (AvgIpc) is 3.09. The zero-order chi connectivity index (χ0) is 21.1. The number of nitrogens with one attached hydrogen (secondary N) is 1. The number of amides is 1. The molecule has 6 nitrogen and oxygen atoms in total. The molecule has 0 saturated heterocycles. The highest BCUT2D eigenvalue weighted by Crippen LogP contribution is 2.29. The Bertz CT molecular complexity index is 1180. The summed E-state index contributed by atoms with van der Waals surface area (Å²) in [5.74, 6) is 1.68. The van der Waals surface area contributed by atoms with Crippen LogP contribution in [0.5, 0.6) is 11.5 Å². The van der Waals surface area contributed by atoms with Crippen molar-refractivity contribution in [1.29, 1.82) is 0 Å². The number of hydrogen-bond donors (Lipinski definition) is 1. The fraction of sp³-hybridized carbons (Fsp3) is 0.167. The number of nitrogens with zero attached hydrogens (tertiary/aromatic N) is 1. The summed E-state index contributed by atoms with van der Waals surface area (Å²) in [6.45, 7) is 3.98. The zero-order valence-corrected chi connectivity index (χ0v) is 17.1. The summed E-state index contributed by atoms with van der Waals surface area (Å²) in [5, 5.41) is 8.84. The third-order valence-corrected chi connectivity index (χ3v) is 4.99. The Hall–Kier alpha value is -3.80. The second kappa shape index (κ2) is 8.29. The van der Waals surface area contributed by atoms with Crippen LogP contribution in [-0.4, -0.2) is 18.2 Å². The van der Waals surface area contributed by atoms with Crippen LogP contribution in [0.4, 0.5) is 5.69 Å². The van der Waals surface area contributed by atoms with Crippen molar-refractivity contribution in [3.63, 3.8) is 0 Å². The van der Waals surface area contributed by atoms with Gasteiger partial charge in [0, 0.05) is 5.69 Å². The number of aromatic nitrogens is 1. The summed E-state index contributed by atoms with van der Waals surface area (Å²) < 4.78 is 16.4. The fourth-order valence-corrected chi connectivity index (χ4v) is 3.25. The first kappa shape index (κ1) is 19.5. The summed E-state index contributed by atoms with van der Waals surface area (Å²) in [5.41, 5.74) is 2.78. The van der Waals surface area contributed by atoms with Gasteiger partial charge in [0.05, 0.1) is 23.9 Å². The predicted octanol–water partition coefficient (Wildman–Crippen LogP) is 5.28. The molecule has 0 bridgehead atoms. The third kappa shape index (κ3) is 3.98. The number of aryl methyl sites for hydroxylation is 2. The third-order valence-electron chi connectivity index (χ3n) is 4.99. The summed E-state index contributed by atoms with van der Waals surface area (Å²) in [6, 6.07) is 18.8. The van der Waals surface area contributed by atoms with E-state index in [0.29, 0.717) is 22.8 Å². The van der Waals surface area contributed by atoms with Crippen LogP contribution in [-0.2, 0) is 6.61 Å². The van der Waals surface area contributed by atoms with E-state index < -0.39 is 0 Å². The van der Waals surface area contributed by atoms with Crippen molar-refractivity contribution in [2.75, 3.05) is 12.4 Å². The van der Waals surface area contributed by atoms with Crippen molar-refractivity contribution in [2.45, 2.75) is 20.5 Å². The van der Waals surface area contributed by atoms with Crippen molar-refractivity contribution in [3.8, 4) is 11.5 Å². The number of carbonyl (C=O) groups excluding carboxylic acids is 1. The lowest BCUT2D eigenvalue weighted by Crippen LogP contribution is -2.14. The molecule has 0 fully saturated rings. The van der Waals surface area contributed by atoms with Crippen molar-refractivity contribution < 1.29 is 18.8 Å². The number of anilines is 1. The van der Waals surface area contributed by atoms with E-state index in [2.05, 4.69) is 10.5 Å². The second-order valence-corrected chi connectivity index (χ2v) is 6.97. The molecule has 1 heterocycles. The molecule has 0 aliphatic heterocycles. The van der Waals surface area contributed by atoms with Gasteiger partial charge in [-0.1, -0.05) is 29.4 Å². The molecule has 0 radical (unpaired) electrons. The molecule has 0 spiro atoms. The topological polar surface area (TPSA) is 73.6 Å². The Morgan fingerprint density at radius 3 is 2.37 bits per heavy atom. The number of benzene rings is 3. The van der Waals surface area contributed by atoms with Crippen LogP contribution in [0.1, 0.15) is 27.4 Å². The smallest absolute Gasteiger partial charge is 0.259 e. The van der Waals surface area contributed by atoms with E-state index in [1.165, 1.54) is 0 Å². The van der Waals surface area contributed by atoms with Gasteiger partial charge in [-0.3, -0.25) is 4.79 Å². The van der Waals surface area contributed by atoms with Crippen LogP contribution in [0.3, 0.4) is 0 Å². The lowest BCUT2D eigenvalue weighted by Gasteiger charge is -2.14. The Labute approximate surface area is 174 Å². The Morgan fingerprint density at radius 1 is 1.03 bits per heavy atom. The van der Waals surface area contributed by atoms with Gasteiger partial charge < -0.3 is 19.3 Å². The van der Waals surface area contributed by atoms with Crippen LogP contribution < -0.4 is 14.8 Å². The van der Waals surface area contributed by atoms with Gasteiger partial charge >= 0.3 is 0 Å². The maximum Gasteiger partial charge on any atom is 0.259 e. The van der Waals surface area contributed by atoms with E-state index in [0.717, 1.165) is 27.8 Å². The van der Waals surface area contributed by atoms with Gasteiger partial charge in [0.25, 0.3) is 5.91 Å². The summed E-state index contributed by atoms with van der Waals surface area (Å²) in [7, 11) is 1.60. The molecule has 1 aromatic heterocycles. The number of hydrogen-bond acceptors (Lipinski definition) is 5. The molecule has 1 amide bonds. The summed E-state index contributed by atoms with van der Waals surface area (Å²) in [4.78, 5) is 13.1. The molecule has 0 saturated carbocycles. The monoisotopic (exact) mass is 402 g/mol. The lowest BCUT2D eigenvalue weighted by molar-refractivity contribution is 0.102. The molecule has 30 heavy (non-hydrogen) atoms. The van der Waals surface area contributed by atoms with Crippen LogP contribution in [0.2, 0.25) is 0 Å². The SMILES string of the molecule is COc1ccc(NC(=O)c2cc3ccccc3cc2OCc2c(C)noc2C)cc1. The van der Waals surface area contributed by atoms with Gasteiger partial charge in [-0.25, -0.2) is 0 Å². The van der Waals surface area contributed by atoms with E-state index in [9.17, 15) is 4.79 Å². The van der Waals surface area contributed by atoms with Gasteiger partial charge in [-0.15, -0.1) is 0 Å². The van der Waals surface area contributed by atoms with Crippen molar-refractivity contribution >= 4 is 22.4 Å². The van der Waals surface area contributed by atoms with Crippen LogP contribution >= 0.6 is 0 Å². The van der Waals surface area contributed by atoms with Crippen molar-refractivity contribution in [1.82, 2.24) is 5.16 Å². The van der Waals surface area contributed by atoms with Crippen LogP contribution in [0.25, 0.3) is 10.8 Å². The molecular formula is C24H22N2O4. The Morgan fingerprint density at radius 2 is 1.73 bits per heavy atom. The molecule has 0 aliphatic rings. The highest BCUT2D eigenvalue weighted by Gasteiger charge is 2.17. The Kier molecular flexibility index (Phi) is 5.39. The molecule has 3 aromatic carbocycles. The molecule has 6 heteroatoms. The maximum absolute atomic E-state index is 13.1. The van der Waals surface area contributed by atoms with E-state index >= 15 is 0 Å². The second-order valence-electron chi connectivity index (χ2n) is 6.97. The highest BCUT2D eigenvalue weighted by molar-refractivity contribution is 6.08. The molecule has 0 atom stereocenters. The quantitative estimate of drug-likeness (QED) is 0.475. The minimum atomic E-state index is -0.250. The highest BCUT2D eigenvalue weighted by atomic mass is 16.5. The lowest BCUT2D eigenvalue weighted by atomic mass is 10.0. The number of carbonyl (C=O) groups is 1. The molecule has 4 rings (SSSR count). The largest absolute Gasteiger partial charge is 0.497 e. The van der Waals surface area contributed by atoms with E-state index in [4.69, 9.17) is 14.0 Å². The molecule has 4 aromatic rings. The number of ether oxygens (including phenoxy) is 2. The molecule has 0 unspecified atom stereocenters.